The molecule has 2 atom stereocenters. The number of rotatable bonds is 9. The van der Waals surface area contributed by atoms with E-state index in [0.717, 1.165) is 24.8 Å². The number of hydrogen-bond donors (Lipinski definition) is 0. The number of allylic oxidation sites excluding steroid dienone is 2. The van der Waals surface area contributed by atoms with Gasteiger partial charge in [-0.15, -0.1) is 0 Å². The van der Waals surface area contributed by atoms with Crippen LogP contribution in [-0.2, 0) is 0 Å². The van der Waals surface area contributed by atoms with Gasteiger partial charge in [0.15, 0.2) is 11.6 Å². The molecule has 1 aromatic carbocycles. The van der Waals surface area contributed by atoms with Gasteiger partial charge in [0.25, 0.3) is 0 Å². The molecule has 2 heteroatoms. The number of halogens is 2. The van der Waals surface area contributed by atoms with Gasteiger partial charge in [-0.1, -0.05) is 57.2 Å². The van der Waals surface area contributed by atoms with Crippen molar-refractivity contribution in [2.45, 2.75) is 84.0 Å². The summed E-state index contributed by atoms with van der Waals surface area (Å²) in [4.78, 5) is 0. The number of unbranched alkanes of at least 4 members (excludes halogenated alkanes) is 1. The van der Waals surface area contributed by atoms with E-state index in [1.807, 2.05) is 0 Å². The predicted octanol–water partition coefficient (Wildman–Crippen LogP) is 7.55. The highest BCUT2D eigenvalue weighted by Crippen LogP contribution is 2.39. The Hall–Kier alpha value is -1.18. The standard InChI is InChI=1S/C22H32F2/c1-3-5-12-18(9-4-2)20(15-17-10-7-6-8-11-17)19-13-14-21(23)22(24)16-19/h10,13-14,16,18,20H,3-9,11-12,15H2,1-2H3. The van der Waals surface area contributed by atoms with Gasteiger partial charge in [-0.3, -0.25) is 0 Å². The van der Waals surface area contributed by atoms with Gasteiger partial charge in [0.05, 0.1) is 0 Å². The van der Waals surface area contributed by atoms with E-state index in [9.17, 15) is 8.78 Å². The molecule has 0 saturated heterocycles. The van der Waals surface area contributed by atoms with Crippen LogP contribution in [0.15, 0.2) is 29.8 Å². The maximum atomic E-state index is 13.8. The maximum absolute atomic E-state index is 13.8. The topological polar surface area (TPSA) is 0 Å². The maximum Gasteiger partial charge on any atom is 0.159 e. The minimum atomic E-state index is -0.741. The van der Waals surface area contributed by atoms with E-state index in [2.05, 4.69) is 19.9 Å². The summed E-state index contributed by atoms with van der Waals surface area (Å²) < 4.78 is 27.2. The second kappa shape index (κ2) is 9.96. The van der Waals surface area contributed by atoms with Crippen LogP contribution in [0.3, 0.4) is 0 Å². The molecular formula is C22H32F2. The molecule has 0 amide bonds. The Morgan fingerprint density at radius 3 is 2.46 bits per heavy atom. The van der Waals surface area contributed by atoms with Crippen molar-refractivity contribution < 1.29 is 8.78 Å². The normalized spacial score (nSPS) is 17.4. The molecule has 1 aromatic rings. The summed E-state index contributed by atoms with van der Waals surface area (Å²) in [5, 5.41) is 0. The van der Waals surface area contributed by atoms with Crippen molar-refractivity contribution in [2.75, 3.05) is 0 Å². The molecule has 134 valence electrons. The smallest absolute Gasteiger partial charge is 0.159 e. The van der Waals surface area contributed by atoms with Crippen molar-refractivity contribution in [3.63, 3.8) is 0 Å². The van der Waals surface area contributed by atoms with Gasteiger partial charge in [-0.2, -0.15) is 0 Å². The average Bonchev–Trinajstić information content (AvgIpc) is 2.60. The zero-order valence-electron chi connectivity index (χ0n) is 15.3. The van der Waals surface area contributed by atoms with E-state index in [-0.39, 0.29) is 0 Å². The Kier molecular flexibility index (Phi) is 7.94. The minimum absolute atomic E-state index is 0.316. The first-order chi connectivity index (χ1) is 11.7. The Bertz CT molecular complexity index is 533. The highest BCUT2D eigenvalue weighted by Gasteiger charge is 2.24. The summed E-state index contributed by atoms with van der Waals surface area (Å²) in [7, 11) is 0. The molecule has 1 aliphatic rings. The lowest BCUT2D eigenvalue weighted by Gasteiger charge is -2.29. The molecule has 0 aliphatic heterocycles. The van der Waals surface area contributed by atoms with Gasteiger partial charge >= 0.3 is 0 Å². The van der Waals surface area contributed by atoms with Gasteiger partial charge in [-0.05, 0) is 68.1 Å². The van der Waals surface area contributed by atoms with Gasteiger partial charge in [0.2, 0.25) is 0 Å². The summed E-state index contributed by atoms with van der Waals surface area (Å²) in [6, 6.07) is 4.55. The molecule has 1 aliphatic carbocycles. The van der Waals surface area contributed by atoms with E-state index in [4.69, 9.17) is 0 Å². The second-order valence-electron chi connectivity index (χ2n) is 7.28. The molecule has 0 spiro atoms. The molecule has 0 saturated carbocycles. The van der Waals surface area contributed by atoms with Crippen LogP contribution < -0.4 is 0 Å². The van der Waals surface area contributed by atoms with E-state index in [1.54, 1.807) is 6.07 Å². The lowest BCUT2D eigenvalue weighted by atomic mass is 9.75. The zero-order chi connectivity index (χ0) is 17.4. The first-order valence-electron chi connectivity index (χ1n) is 9.78. The highest BCUT2D eigenvalue weighted by atomic mass is 19.2. The van der Waals surface area contributed by atoms with Gasteiger partial charge in [0.1, 0.15) is 0 Å². The van der Waals surface area contributed by atoms with Crippen molar-refractivity contribution in [3.05, 3.63) is 47.0 Å². The molecule has 2 rings (SSSR count). The SMILES string of the molecule is CCCCC(CCC)C(CC1=CCCCC1)c1ccc(F)c(F)c1. The van der Waals surface area contributed by atoms with E-state index < -0.39 is 11.6 Å². The van der Waals surface area contributed by atoms with Crippen LogP contribution in [0.2, 0.25) is 0 Å². The lowest BCUT2D eigenvalue weighted by molar-refractivity contribution is 0.348. The minimum Gasteiger partial charge on any atom is -0.204 e. The Labute approximate surface area is 146 Å². The molecule has 0 heterocycles. The quantitative estimate of drug-likeness (QED) is 0.409. The van der Waals surface area contributed by atoms with Crippen LogP contribution in [-0.4, -0.2) is 0 Å². The Morgan fingerprint density at radius 2 is 1.83 bits per heavy atom. The fraction of sp³-hybridized carbons (Fsp3) is 0.636. The molecule has 0 fully saturated rings. The van der Waals surface area contributed by atoms with Crippen molar-refractivity contribution >= 4 is 0 Å². The third kappa shape index (κ3) is 5.43. The summed E-state index contributed by atoms with van der Waals surface area (Å²) in [6.45, 7) is 4.44. The fourth-order valence-electron chi connectivity index (χ4n) is 4.06. The van der Waals surface area contributed by atoms with Crippen molar-refractivity contribution in [1.82, 2.24) is 0 Å². The molecule has 24 heavy (non-hydrogen) atoms. The second-order valence-corrected chi connectivity index (χ2v) is 7.28. The summed E-state index contributed by atoms with van der Waals surface area (Å²) in [5.74, 6) is -0.575. The van der Waals surface area contributed by atoms with Crippen LogP contribution in [0.4, 0.5) is 8.78 Å². The van der Waals surface area contributed by atoms with Crippen molar-refractivity contribution in [3.8, 4) is 0 Å². The van der Waals surface area contributed by atoms with Crippen molar-refractivity contribution in [2.24, 2.45) is 5.92 Å². The monoisotopic (exact) mass is 334 g/mol. The van der Waals surface area contributed by atoms with Crippen LogP contribution in [0.5, 0.6) is 0 Å². The van der Waals surface area contributed by atoms with E-state index in [0.29, 0.717) is 11.8 Å². The first kappa shape index (κ1) is 19.1. The van der Waals surface area contributed by atoms with Crippen molar-refractivity contribution in [1.29, 1.82) is 0 Å². The Morgan fingerprint density at radius 1 is 1.00 bits per heavy atom. The van der Waals surface area contributed by atoms with Crippen LogP contribution in [0, 0.1) is 17.6 Å². The molecular weight excluding hydrogens is 302 g/mol. The molecule has 0 bridgehead atoms. The third-order valence-corrected chi connectivity index (χ3v) is 5.40. The lowest BCUT2D eigenvalue weighted by Crippen LogP contribution is -2.15. The van der Waals surface area contributed by atoms with Crippen LogP contribution in [0.1, 0.15) is 89.5 Å². The Balaban J connectivity index is 2.26. The predicted molar refractivity (Wildman–Crippen MR) is 98.2 cm³/mol. The van der Waals surface area contributed by atoms with Crippen LogP contribution in [0.25, 0.3) is 0 Å². The third-order valence-electron chi connectivity index (χ3n) is 5.40. The number of hydrogen-bond acceptors (Lipinski definition) is 0. The molecule has 0 N–H and O–H groups in total. The summed E-state index contributed by atoms with van der Waals surface area (Å²) in [6.07, 6.45) is 14.2. The fourth-order valence-corrected chi connectivity index (χ4v) is 4.06. The zero-order valence-corrected chi connectivity index (χ0v) is 15.3. The largest absolute Gasteiger partial charge is 0.204 e. The molecule has 0 nitrogen and oxygen atoms in total. The summed E-state index contributed by atoms with van der Waals surface area (Å²) in [5.41, 5.74) is 2.50. The summed E-state index contributed by atoms with van der Waals surface area (Å²) >= 11 is 0. The highest BCUT2D eigenvalue weighted by molar-refractivity contribution is 5.25. The van der Waals surface area contributed by atoms with E-state index >= 15 is 0 Å². The van der Waals surface area contributed by atoms with Crippen LogP contribution >= 0.6 is 0 Å². The first-order valence-corrected chi connectivity index (χ1v) is 9.78. The molecule has 2 unspecified atom stereocenters. The number of benzene rings is 1. The van der Waals surface area contributed by atoms with Gasteiger partial charge in [-0.25, -0.2) is 8.78 Å². The van der Waals surface area contributed by atoms with E-state index in [1.165, 1.54) is 62.7 Å². The average molecular weight is 334 g/mol. The molecule has 0 radical (unpaired) electrons. The van der Waals surface area contributed by atoms with Gasteiger partial charge < -0.3 is 0 Å². The molecule has 0 aromatic heterocycles. The van der Waals surface area contributed by atoms with Gasteiger partial charge in [0, 0.05) is 0 Å².